The number of rotatable bonds is 7. The van der Waals surface area contributed by atoms with Crippen molar-refractivity contribution in [2.75, 3.05) is 18.5 Å². The zero-order valence-corrected chi connectivity index (χ0v) is 13.5. The van der Waals surface area contributed by atoms with Gasteiger partial charge in [0.15, 0.2) is 0 Å². The molecule has 1 N–H and O–H groups in total. The first-order valence-electron chi connectivity index (χ1n) is 7.74. The third-order valence-corrected chi connectivity index (χ3v) is 4.08. The molecule has 0 aliphatic heterocycles. The SMILES string of the molecule is CCC(C)(C)c1ccc(OCCNc2ccccc2F)cc1. The molecule has 0 saturated heterocycles. The van der Waals surface area contributed by atoms with Crippen LogP contribution in [0.25, 0.3) is 0 Å². The number of benzene rings is 2. The predicted molar refractivity (Wildman–Crippen MR) is 90.1 cm³/mol. The van der Waals surface area contributed by atoms with Gasteiger partial charge in [0.2, 0.25) is 0 Å². The molecule has 2 aromatic carbocycles. The van der Waals surface area contributed by atoms with Crippen LogP contribution >= 0.6 is 0 Å². The quantitative estimate of drug-likeness (QED) is 0.726. The molecule has 0 unspecified atom stereocenters. The number of para-hydroxylation sites is 1. The Bertz CT molecular complexity index is 593. The standard InChI is InChI=1S/C19H24FNO/c1-4-19(2,3)15-9-11-16(12-10-15)22-14-13-21-18-8-6-5-7-17(18)20/h5-12,21H,4,13-14H2,1-3H3. The number of anilines is 1. The second-order valence-corrected chi connectivity index (χ2v) is 6.02. The highest BCUT2D eigenvalue weighted by Crippen LogP contribution is 2.28. The van der Waals surface area contributed by atoms with Gasteiger partial charge in [-0.2, -0.15) is 0 Å². The number of ether oxygens (including phenoxy) is 1. The predicted octanol–water partition coefficient (Wildman–Crippen LogP) is 5.00. The minimum atomic E-state index is -0.242. The Labute approximate surface area is 132 Å². The summed E-state index contributed by atoms with van der Waals surface area (Å²) in [5.41, 5.74) is 2.00. The van der Waals surface area contributed by atoms with E-state index in [-0.39, 0.29) is 11.2 Å². The van der Waals surface area contributed by atoms with Gasteiger partial charge in [0.25, 0.3) is 0 Å². The average molecular weight is 301 g/mol. The summed E-state index contributed by atoms with van der Waals surface area (Å²) in [7, 11) is 0. The lowest BCUT2D eigenvalue weighted by Gasteiger charge is -2.23. The first-order valence-corrected chi connectivity index (χ1v) is 7.74. The first kappa shape index (κ1) is 16.3. The molecule has 22 heavy (non-hydrogen) atoms. The monoisotopic (exact) mass is 301 g/mol. The van der Waals surface area contributed by atoms with Gasteiger partial charge in [-0.05, 0) is 41.7 Å². The number of halogens is 1. The third-order valence-electron chi connectivity index (χ3n) is 4.08. The van der Waals surface area contributed by atoms with Crippen LogP contribution in [0.5, 0.6) is 5.75 Å². The third kappa shape index (κ3) is 4.23. The lowest BCUT2D eigenvalue weighted by Crippen LogP contribution is -2.15. The summed E-state index contributed by atoms with van der Waals surface area (Å²) in [6.45, 7) is 7.72. The summed E-state index contributed by atoms with van der Waals surface area (Å²) < 4.78 is 19.1. The molecule has 0 amide bonds. The van der Waals surface area contributed by atoms with E-state index < -0.39 is 0 Å². The van der Waals surface area contributed by atoms with Gasteiger partial charge in [0.05, 0.1) is 5.69 Å². The van der Waals surface area contributed by atoms with E-state index in [2.05, 4.69) is 38.2 Å². The van der Waals surface area contributed by atoms with Crippen LogP contribution in [0.15, 0.2) is 48.5 Å². The van der Waals surface area contributed by atoms with Gasteiger partial charge in [-0.25, -0.2) is 4.39 Å². The van der Waals surface area contributed by atoms with Crippen LogP contribution in [0.2, 0.25) is 0 Å². The van der Waals surface area contributed by atoms with Gasteiger partial charge in [-0.15, -0.1) is 0 Å². The molecular weight excluding hydrogens is 277 g/mol. The van der Waals surface area contributed by atoms with E-state index in [0.29, 0.717) is 18.8 Å². The lowest BCUT2D eigenvalue weighted by atomic mass is 9.82. The number of hydrogen-bond acceptors (Lipinski definition) is 2. The Morgan fingerprint density at radius 1 is 1.05 bits per heavy atom. The zero-order chi connectivity index (χ0) is 16.0. The molecule has 0 spiro atoms. The summed E-state index contributed by atoms with van der Waals surface area (Å²) in [6, 6.07) is 14.9. The molecule has 0 radical (unpaired) electrons. The summed E-state index contributed by atoms with van der Waals surface area (Å²) in [6.07, 6.45) is 1.10. The first-order chi connectivity index (χ1) is 10.5. The zero-order valence-electron chi connectivity index (χ0n) is 13.5. The highest BCUT2D eigenvalue weighted by atomic mass is 19.1. The van der Waals surface area contributed by atoms with Crippen LogP contribution in [-0.2, 0) is 5.41 Å². The van der Waals surface area contributed by atoms with Crippen molar-refractivity contribution in [2.45, 2.75) is 32.6 Å². The smallest absolute Gasteiger partial charge is 0.146 e. The van der Waals surface area contributed by atoms with Crippen molar-refractivity contribution >= 4 is 5.69 Å². The van der Waals surface area contributed by atoms with E-state index in [4.69, 9.17) is 4.74 Å². The number of hydrogen-bond donors (Lipinski definition) is 1. The molecule has 0 aliphatic carbocycles. The average Bonchev–Trinajstić information content (AvgIpc) is 2.53. The highest BCUT2D eigenvalue weighted by Gasteiger charge is 2.17. The van der Waals surface area contributed by atoms with Crippen molar-refractivity contribution in [2.24, 2.45) is 0 Å². The fraction of sp³-hybridized carbons (Fsp3) is 0.368. The Kier molecular flexibility index (Phi) is 5.42. The summed E-state index contributed by atoms with van der Waals surface area (Å²) in [5.74, 6) is 0.597. The second kappa shape index (κ2) is 7.30. The van der Waals surface area contributed by atoms with Crippen molar-refractivity contribution in [3.8, 4) is 5.75 Å². The summed E-state index contributed by atoms with van der Waals surface area (Å²) in [5, 5.41) is 3.03. The Morgan fingerprint density at radius 3 is 2.36 bits per heavy atom. The van der Waals surface area contributed by atoms with Crippen molar-refractivity contribution in [1.29, 1.82) is 0 Å². The Balaban J connectivity index is 1.81. The van der Waals surface area contributed by atoms with E-state index in [1.54, 1.807) is 18.2 Å². The van der Waals surface area contributed by atoms with E-state index in [1.165, 1.54) is 11.6 Å². The van der Waals surface area contributed by atoms with E-state index >= 15 is 0 Å². The van der Waals surface area contributed by atoms with Crippen LogP contribution in [-0.4, -0.2) is 13.2 Å². The van der Waals surface area contributed by atoms with Gasteiger partial charge in [-0.3, -0.25) is 0 Å². The Morgan fingerprint density at radius 2 is 1.73 bits per heavy atom. The minimum Gasteiger partial charge on any atom is -0.492 e. The summed E-state index contributed by atoms with van der Waals surface area (Å²) >= 11 is 0. The molecule has 2 rings (SSSR count). The van der Waals surface area contributed by atoms with Crippen molar-refractivity contribution in [3.63, 3.8) is 0 Å². The molecule has 0 heterocycles. The minimum absolute atomic E-state index is 0.185. The van der Waals surface area contributed by atoms with Gasteiger partial charge in [-0.1, -0.05) is 45.0 Å². The fourth-order valence-electron chi connectivity index (χ4n) is 2.17. The second-order valence-electron chi connectivity index (χ2n) is 6.02. The van der Waals surface area contributed by atoms with E-state index in [1.807, 2.05) is 12.1 Å². The Hall–Kier alpha value is -2.03. The molecule has 2 nitrogen and oxygen atoms in total. The normalized spacial score (nSPS) is 11.3. The van der Waals surface area contributed by atoms with Crippen molar-refractivity contribution < 1.29 is 9.13 Å². The van der Waals surface area contributed by atoms with Gasteiger partial charge >= 0.3 is 0 Å². The topological polar surface area (TPSA) is 21.3 Å². The van der Waals surface area contributed by atoms with Gasteiger partial charge in [0, 0.05) is 6.54 Å². The molecule has 118 valence electrons. The van der Waals surface area contributed by atoms with E-state index in [9.17, 15) is 4.39 Å². The maximum atomic E-state index is 13.4. The molecule has 0 saturated carbocycles. The van der Waals surface area contributed by atoms with Crippen LogP contribution in [0.1, 0.15) is 32.8 Å². The van der Waals surface area contributed by atoms with Gasteiger partial charge in [0.1, 0.15) is 18.2 Å². The maximum absolute atomic E-state index is 13.4. The van der Waals surface area contributed by atoms with Crippen molar-refractivity contribution in [1.82, 2.24) is 0 Å². The molecule has 0 bridgehead atoms. The lowest BCUT2D eigenvalue weighted by molar-refractivity contribution is 0.332. The van der Waals surface area contributed by atoms with Crippen LogP contribution in [0.4, 0.5) is 10.1 Å². The van der Waals surface area contributed by atoms with Crippen LogP contribution in [0.3, 0.4) is 0 Å². The molecule has 0 aliphatic rings. The van der Waals surface area contributed by atoms with Crippen molar-refractivity contribution in [3.05, 3.63) is 59.9 Å². The largest absolute Gasteiger partial charge is 0.492 e. The maximum Gasteiger partial charge on any atom is 0.146 e. The molecule has 0 atom stereocenters. The van der Waals surface area contributed by atoms with Gasteiger partial charge < -0.3 is 10.1 Å². The number of nitrogens with one attached hydrogen (secondary N) is 1. The van der Waals surface area contributed by atoms with Crippen LogP contribution < -0.4 is 10.1 Å². The highest BCUT2D eigenvalue weighted by molar-refractivity contribution is 5.44. The van der Waals surface area contributed by atoms with Crippen LogP contribution in [0, 0.1) is 5.82 Å². The molecule has 0 aromatic heterocycles. The molecule has 2 aromatic rings. The summed E-state index contributed by atoms with van der Waals surface area (Å²) in [4.78, 5) is 0. The van der Waals surface area contributed by atoms with E-state index in [0.717, 1.165) is 12.2 Å². The molecule has 3 heteroatoms. The molecular formula is C19H24FNO. The fourth-order valence-corrected chi connectivity index (χ4v) is 2.17. The molecule has 0 fully saturated rings.